The maximum atomic E-state index is 14.1. The van der Waals surface area contributed by atoms with Crippen LogP contribution in [0.25, 0.3) is 11.0 Å². The van der Waals surface area contributed by atoms with Crippen LogP contribution in [0.15, 0.2) is 47.3 Å². The van der Waals surface area contributed by atoms with Gasteiger partial charge in [-0.15, -0.1) is 0 Å². The van der Waals surface area contributed by atoms with Gasteiger partial charge in [0.1, 0.15) is 5.82 Å². The van der Waals surface area contributed by atoms with Crippen molar-refractivity contribution >= 4 is 22.5 Å². The Bertz CT molecular complexity index is 964. The maximum Gasteiger partial charge on any atom is 0.294 e. The van der Waals surface area contributed by atoms with Crippen LogP contribution in [0.3, 0.4) is 0 Å². The third-order valence-corrected chi connectivity index (χ3v) is 4.41. The van der Waals surface area contributed by atoms with Gasteiger partial charge in [0.2, 0.25) is 5.82 Å². The topological polar surface area (TPSA) is 38.1 Å². The number of aryl methyl sites for hydroxylation is 1. The summed E-state index contributed by atoms with van der Waals surface area (Å²) < 4.78 is 15.7. The van der Waals surface area contributed by atoms with Crippen molar-refractivity contribution in [1.29, 1.82) is 0 Å². The molecule has 0 spiro atoms. The highest BCUT2D eigenvalue weighted by atomic mass is 19.1. The first-order valence-corrected chi connectivity index (χ1v) is 7.67. The average Bonchev–Trinajstić information content (AvgIpc) is 2.58. The largest absolute Gasteiger partial charge is 0.321 e. The molecule has 4 nitrogen and oxygen atoms in total. The number of nitrogens with zero attached hydrogens (tertiary/aromatic N) is 3. The van der Waals surface area contributed by atoms with E-state index >= 15 is 0 Å². The molecule has 0 unspecified atom stereocenters. The summed E-state index contributed by atoms with van der Waals surface area (Å²) >= 11 is 0. The van der Waals surface area contributed by atoms with Crippen molar-refractivity contribution in [2.24, 2.45) is 7.05 Å². The number of rotatable bonds is 1. The zero-order chi connectivity index (χ0) is 16.0. The van der Waals surface area contributed by atoms with Crippen molar-refractivity contribution < 1.29 is 4.39 Å². The number of hydrogen-bond acceptors (Lipinski definition) is 3. The fourth-order valence-corrected chi connectivity index (χ4v) is 3.24. The lowest BCUT2D eigenvalue weighted by atomic mass is 10.0. The molecule has 5 heteroatoms. The third-order valence-electron chi connectivity index (χ3n) is 4.41. The molecule has 0 saturated heterocycles. The molecular weight excluding hydrogens is 293 g/mol. The summed E-state index contributed by atoms with van der Waals surface area (Å²) in [6.45, 7) is 0.664. The van der Waals surface area contributed by atoms with Gasteiger partial charge in [0.05, 0.1) is 11.0 Å². The van der Waals surface area contributed by atoms with E-state index in [2.05, 4.69) is 4.98 Å². The summed E-state index contributed by atoms with van der Waals surface area (Å²) in [6, 6.07) is 12.5. The molecule has 2 aromatic carbocycles. The van der Waals surface area contributed by atoms with E-state index in [4.69, 9.17) is 0 Å². The molecule has 23 heavy (non-hydrogen) atoms. The molecule has 0 aliphatic carbocycles. The van der Waals surface area contributed by atoms with E-state index in [-0.39, 0.29) is 11.4 Å². The van der Waals surface area contributed by atoms with E-state index in [0.717, 1.165) is 23.1 Å². The standard InChI is InChI=1S/C18H16FN3O/c1-21-16-9-3-2-8-14(16)20-17(18(21)23)22-11-5-6-12-13(19)7-4-10-15(12)22/h2-4,7-10H,5-6,11H2,1H3. The molecular formula is C18H16FN3O. The molecule has 2 heterocycles. The Morgan fingerprint density at radius 1 is 1.13 bits per heavy atom. The van der Waals surface area contributed by atoms with Gasteiger partial charge in [0.25, 0.3) is 5.56 Å². The molecule has 0 N–H and O–H groups in total. The Kier molecular flexibility index (Phi) is 3.15. The van der Waals surface area contributed by atoms with Gasteiger partial charge in [-0.25, -0.2) is 9.37 Å². The molecule has 4 rings (SSSR count). The second-order valence-corrected chi connectivity index (χ2v) is 5.78. The van der Waals surface area contributed by atoms with Crippen molar-refractivity contribution in [3.63, 3.8) is 0 Å². The van der Waals surface area contributed by atoms with Crippen LogP contribution in [0.5, 0.6) is 0 Å². The van der Waals surface area contributed by atoms with Crippen LogP contribution in [-0.2, 0) is 13.5 Å². The first kappa shape index (κ1) is 13.9. The van der Waals surface area contributed by atoms with Crippen LogP contribution in [0.4, 0.5) is 15.9 Å². The number of anilines is 2. The second-order valence-electron chi connectivity index (χ2n) is 5.78. The van der Waals surface area contributed by atoms with Crippen molar-refractivity contribution in [3.05, 3.63) is 64.2 Å². The lowest BCUT2D eigenvalue weighted by Gasteiger charge is -2.30. The Morgan fingerprint density at radius 3 is 2.83 bits per heavy atom. The monoisotopic (exact) mass is 309 g/mol. The minimum absolute atomic E-state index is 0.166. The highest BCUT2D eigenvalue weighted by molar-refractivity contribution is 5.77. The normalized spacial score (nSPS) is 14.1. The lowest BCUT2D eigenvalue weighted by molar-refractivity contribution is 0.596. The van der Waals surface area contributed by atoms with Crippen LogP contribution < -0.4 is 10.5 Å². The minimum Gasteiger partial charge on any atom is -0.321 e. The molecule has 1 aliphatic heterocycles. The minimum atomic E-state index is -0.218. The van der Waals surface area contributed by atoms with Gasteiger partial charge in [-0.3, -0.25) is 4.79 Å². The summed E-state index contributed by atoms with van der Waals surface area (Å²) in [5.41, 5.74) is 2.79. The van der Waals surface area contributed by atoms with Crippen molar-refractivity contribution in [2.45, 2.75) is 12.8 Å². The maximum absolute atomic E-state index is 14.1. The van der Waals surface area contributed by atoms with E-state index in [1.54, 1.807) is 17.7 Å². The molecule has 116 valence electrons. The highest BCUT2D eigenvalue weighted by Gasteiger charge is 2.24. The number of para-hydroxylation sites is 2. The summed E-state index contributed by atoms with van der Waals surface area (Å²) in [5, 5.41) is 0. The van der Waals surface area contributed by atoms with Crippen LogP contribution in [0.1, 0.15) is 12.0 Å². The van der Waals surface area contributed by atoms with Crippen LogP contribution >= 0.6 is 0 Å². The summed E-state index contributed by atoms with van der Waals surface area (Å²) in [5.74, 6) is 0.141. The van der Waals surface area contributed by atoms with Gasteiger partial charge >= 0.3 is 0 Å². The summed E-state index contributed by atoms with van der Waals surface area (Å²) in [4.78, 5) is 19.1. The fourth-order valence-electron chi connectivity index (χ4n) is 3.24. The SMILES string of the molecule is Cn1c(=O)c(N2CCCc3c(F)cccc32)nc2ccccc21. The van der Waals surface area contributed by atoms with Crippen LogP contribution in [0.2, 0.25) is 0 Å². The molecule has 1 aromatic heterocycles. The first-order valence-electron chi connectivity index (χ1n) is 7.67. The van der Waals surface area contributed by atoms with Crippen LogP contribution in [-0.4, -0.2) is 16.1 Å². The smallest absolute Gasteiger partial charge is 0.294 e. The molecule has 3 aromatic rings. The van der Waals surface area contributed by atoms with Gasteiger partial charge in [-0.05, 0) is 37.1 Å². The molecule has 0 bridgehead atoms. The lowest BCUT2D eigenvalue weighted by Crippen LogP contribution is -2.33. The highest BCUT2D eigenvalue weighted by Crippen LogP contribution is 2.33. The van der Waals surface area contributed by atoms with E-state index < -0.39 is 0 Å². The molecule has 0 atom stereocenters. The van der Waals surface area contributed by atoms with Gasteiger partial charge in [0, 0.05) is 24.8 Å². The number of benzene rings is 2. The van der Waals surface area contributed by atoms with Gasteiger partial charge in [-0.1, -0.05) is 18.2 Å². The Labute approximate surface area is 132 Å². The van der Waals surface area contributed by atoms with Gasteiger partial charge < -0.3 is 9.47 Å². The van der Waals surface area contributed by atoms with E-state index in [9.17, 15) is 9.18 Å². The zero-order valence-corrected chi connectivity index (χ0v) is 12.8. The Hall–Kier alpha value is -2.69. The third kappa shape index (κ3) is 2.11. The summed E-state index contributed by atoms with van der Waals surface area (Å²) in [6.07, 6.45) is 1.48. The molecule has 1 aliphatic rings. The number of aromatic nitrogens is 2. The average molecular weight is 309 g/mol. The summed E-state index contributed by atoms with van der Waals surface area (Å²) in [7, 11) is 1.74. The van der Waals surface area contributed by atoms with Gasteiger partial charge in [-0.2, -0.15) is 0 Å². The fraction of sp³-hybridized carbons (Fsp3) is 0.222. The van der Waals surface area contributed by atoms with Crippen molar-refractivity contribution in [3.8, 4) is 0 Å². The van der Waals surface area contributed by atoms with Crippen LogP contribution in [0, 0.1) is 5.82 Å². The van der Waals surface area contributed by atoms with Gasteiger partial charge in [0.15, 0.2) is 0 Å². The van der Waals surface area contributed by atoms with E-state index in [1.165, 1.54) is 6.07 Å². The van der Waals surface area contributed by atoms with Crippen molar-refractivity contribution in [1.82, 2.24) is 9.55 Å². The predicted octanol–water partition coefficient (Wildman–Crippen LogP) is 3.16. The van der Waals surface area contributed by atoms with E-state index in [1.807, 2.05) is 35.2 Å². The Balaban J connectivity index is 1.97. The van der Waals surface area contributed by atoms with E-state index in [0.29, 0.717) is 24.3 Å². The number of hydrogen-bond donors (Lipinski definition) is 0. The number of halogens is 1. The molecule has 0 radical (unpaired) electrons. The predicted molar refractivity (Wildman–Crippen MR) is 88.7 cm³/mol. The molecule has 0 saturated carbocycles. The quantitative estimate of drug-likeness (QED) is 0.693. The van der Waals surface area contributed by atoms with Crippen molar-refractivity contribution in [2.75, 3.05) is 11.4 Å². The molecule has 0 fully saturated rings. The Morgan fingerprint density at radius 2 is 1.96 bits per heavy atom. The molecule has 0 amide bonds. The zero-order valence-electron chi connectivity index (χ0n) is 12.8. The first-order chi connectivity index (χ1) is 11.2. The second kappa shape index (κ2) is 5.19. The number of fused-ring (bicyclic) bond motifs is 2.